The van der Waals surface area contributed by atoms with Crippen LogP contribution >= 0.6 is 0 Å². The van der Waals surface area contributed by atoms with E-state index in [1.54, 1.807) is 0 Å². The molecule has 1 unspecified atom stereocenters. The van der Waals surface area contributed by atoms with Crippen LogP contribution in [0, 0.1) is 5.41 Å². The normalized spacial score (nSPS) is 26.9. The second kappa shape index (κ2) is 5.00. The van der Waals surface area contributed by atoms with E-state index in [2.05, 4.69) is 23.5 Å². The summed E-state index contributed by atoms with van der Waals surface area (Å²) < 4.78 is 24.3. The van der Waals surface area contributed by atoms with Crippen LogP contribution < -0.4 is 10.5 Å². The number of likely N-dealkylation sites (tertiary alicyclic amines) is 1. The number of hydrogen-bond donors (Lipinski definition) is 2. The fourth-order valence-electron chi connectivity index (χ4n) is 2.07. The molecule has 0 aromatic rings. The highest BCUT2D eigenvalue weighted by Crippen LogP contribution is 2.27. The Hall–Kier alpha value is -0.170. The third kappa shape index (κ3) is 4.37. The number of nitrogens with zero attached hydrogens (tertiary/aromatic N) is 1. The molecule has 96 valence electrons. The largest absolute Gasteiger partial charge is 0.327 e. The Morgan fingerprint density at radius 3 is 2.62 bits per heavy atom. The zero-order chi connectivity index (χ0) is 12.4. The first-order chi connectivity index (χ1) is 7.21. The summed E-state index contributed by atoms with van der Waals surface area (Å²) in [5.41, 5.74) is 6.15. The van der Waals surface area contributed by atoms with Gasteiger partial charge in [-0.15, -0.1) is 0 Å². The van der Waals surface area contributed by atoms with Gasteiger partial charge in [0.05, 0.1) is 6.26 Å². The molecule has 0 radical (unpaired) electrons. The molecule has 0 aliphatic carbocycles. The van der Waals surface area contributed by atoms with E-state index < -0.39 is 10.0 Å². The lowest BCUT2D eigenvalue weighted by Gasteiger charge is -2.42. The quantitative estimate of drug-likeness (QED) is 0.710. The van der Waals surface area contributed by atoms with Gasteiger partial charge >= 0.3 is 0 Å². The van der Waals surface area contributed by atoms with Crippen LogP contribution in [-0.4, -0.2) is 51.8 Å². The van der Waals surface area contributed by atoms with Crippen LogP contribution in [0.4, 0.5) is 0 Å². The van der Waals surface area contributed by atoms with Gasteiger partial charge in [-0.3, -0.25) is 0 Å². The van der Waals surface area contributed by atoms with Crippen molar-refractivity contribution in [2.75, 3.05) is 32.4 Å². The molecule has 6 heteroatoms. The van der Waals surface area contributed by atoms with Crippen LogP contribution in [0.3, 0.4) is 0 Å². The van der Waals surface area contributed by atoms with Crippen LogP contribution in [-0.2, 0) is 10.0 Å². The predicted molar refractivity (Wildman–Crippen MR) is 65.7 cm³/mol. The first-order valence-corrected chi connectivity index (χ1v) is 7.52. The van der Waals surface area contributed by atoms with Gasteiger partial charge in [0.15, 0.2) is 0 Å². The summed E-state index contributed by atoms with van der Waals surface area (Å²) in [4.78, 5) is 2.27. The van der Waals surface area contributed by atoms with Crippen molar-refractivity contribution in [1.29, 1.82) is 0 Å². The highest BCUT2D eigenvalue weighted by atomic mass is 32.2. The van der Waals surface area contributed by atoms with E-state index in [1.807, 2.05) is 0 Å². The van der Waals surface area contributed by atoms with E-state index in [4.69, 9.17) is 5.73 Å². The van der Waals surface area contributed by atoms with Gasteiger partial charge in [-0.1, -0.05) is 13.8 Å². The predicted octanol–water partition coefficient (Wildman–Crippen LogP) is -0.405. The van der Waals surface area contributed by atoms with E-state index in [9.17, 15) is 8.42 Å². The SMILES string of the molecule is CC1(C)CN(CCNS(C)(=O)=O)CCC1N. The highest BCUT2D eigenvalue weighted by molar-refractivity contribution is 7.88. The molecule has 0 spiro atoms. The zero-order valence-electron chi connectivity index (χ0n) is 10.4. The lowest BCUT2D eigenvalue weighted by molar-refractivity contribution is 0.0974. The Balaban J connectivity index is 2.35. The summed E-state index contributed by atoms with van der Waals surface area (Å²) in [7, 11) is -3.07. The van der Waals surface area contributed by atoms with Crippen molar-refractivity contribution in [1.82, 2.24) is 9.62 Å². The van der Waals surface area contributed by atoms with E-state index in [0.717, 1.165) is 26.1 Å². The molecule has 5 nitrogen and oxygen atoms in total. The molecule has 0 aromatic carbocycles. The van der Waals surface area contributed by atoms with Gasteiger partial charge in [-0.05, 0) is 18.4 Å². The monoisotopic (exact) mass is 249 g/mol. The van der Waals surface area contributed by atoms with Gasteiger partial charge in [-0.2, -0.15) is 0 Å². The summed E-state index contributed by atoms with van der Waals surface area (Å²) in [5, 5.41) is 0. The maximum atomic E-state index is 10.9. The second-order valence-corrected chi connectivity index (χ2v) is 7.16. The van der Waals surface area contributed by atoms with Crippen molar-refractivity contribution in [3.8, 4) is 0 Å². The minimum absolute atomic E-state index is 0.114. The lowest BCUT2D eigenvalue weighted by atomic mass is 9.80. The van der Waals surface area contributed by atoms with E-state index in [1.165, 1.54) is 6.26 Å². The number of piperidine rings is 1. The van der Waals surface area contributed by atoms with E-state index >= 15 is 0 Å². The van der Waals surface area contributed by atoms with Gasteiger partial charge in [0.2, 0.25) is 10.0 Å². The maximum Gasteiger partial charge on any atom is 0.208 e. The molecule has 0 aromatic heterocycles. The fourth-order valence-corrected chi connectivity index (χ4v) is 2.53. The maximum absolute atomic E-state index is 10.9. The van der Waals surface area contributed by atoms with Gasteiger partial charge in [0.25, 0.3) is 0 Å². The van der Waals surface area contributed by atoms with Gasteiger partial charge in [-0.25, -0.2) is 13.1 Å². The fraction of sp³-hybridized carbons (Fsp3) is 1.00. The Morgan fingerprint density at radius 1 is 1.50 bits per heavy atom. The molecule has 1 heterocycles. The smallest absolute Gasteiger partial charge is 0.208 e. The Kier molecular flexibility index (Phi) is 4.34. The third-order valence-corrected chi connectivity index (χ3v) is 3.91. The van der Waals surface area contributed by atoms with Gasteiger partial charge < -0.3 is 10.6 Å². The molecule has 1 aliphatic heterocycles. The minimum Gasteiger partial charge on any atom is -0.327 e. The Bertz CT molecular complexity index is 327. The average molecular weight is 249 g/mol. The second-order valence-electron chi connectivity index (χ2n) is 5.33. The highest BCUT2D eigenvalue weighted by Gasteiger charge is 2.32. The number of nitrogens with two attached hydrogens (primary N) is 1. The molecule has 1 rings (SSSR count). The molecule has 0 amide bonds. The topological polar surface area (TPSA) is 75.4 Å². The van der Waals surface area contributed by atoms with Crippen molar-refractivity contribution in [2.24, 2.45) is 11.1 Å². The van der Waals surface area contributed by atoms with Crippen LogP contribution in [0.1, 0.15) is 20.3 Å². The van der Waals surface area contributed by atoms with Crippen LogP contribution in [0.15, 0.2) is 0 Å². The third-order valence-electron chi connectivity index (χ3n) is 3.18. The number of sulfonamides is 1. The molecule has 1 aliphatic rings. The molecule has 1 saturated heterocycles. The van der Waals surface area contributed by atoms with Gasteiger partial charge in [0.1, 0.15) is 0 Å². The summed E-state index contributed by atoms with van der Waals surface area (Å²) >= 11 is 0. The number of hydrogen-bond acceptors (Lipinski definition) is 4. The Labute approximate surface area is 98.4 Å². The summed E-state index contributed by atoms with van der Waals surface area (Å²) in [5.74, 6) is 0. The standard InChI is InChI=1S/C10H23N3O2S/c1-10(2)8-13(6-4-9(10)11)7-5-12-16(3,14)15/h9,12H,4-8,11H2,1-3H3. The molecular weight excluding hydrogens is 226 g/mol. The molecule has 0 saturated carbocycles. The minimum atomic E-state index is -3.07. The lowest BCUT2D eigenvalue weighted by Crippen LogP contribution is -2.53. The summed E-state index contributed by atoms with van der Waals surface area (Å²) in [6, 6.07) is 0.242. The van der Waals surface area contributed by atoms with Crippen molar-refractivity contribution in [2.45, 2.75) is 26.3 Å². The van der Waals surface area contributed by atoms with Gasteiger partial charge in [0, 0.05) is 25.7 Å². The Morgan fingerprint density at radius 2 is 2.12 bits per heavy atom. The van der Waals surface area contributed by atoms with E-state index in [0.29, 0.717) is 6.54 Å². The number of nitrogens with one attached hydrogen (secondary N) is 1. The first kappa shape index (κ1) is 13.9. The number of rotatable bonds is 4. The average Bonchev–Trinajstić information content (AvgIpc) is 2.08. The molecule has 1 atom stereocenters. The summed E-state index contributed by atoms with van der Waals surface area (Å²) in [6.07, 6.45) is 2.16. The first-order valence-electron chi connectivity index (χ1n) is 5.63. The van der Waals surface area contributed by atoms with Crippen LogP contribution in [0.2, 0.25) is 0 Å². The van der Waals surface area contributed by atoms with Crippen molar-refractivity contribution >= 4 is 10.0 Å². The molecule has 1 fully saturated rings. The van der Waals surface area contributed by atoms with Crippen LogP contribution in [0.25, 0.3) is 0 Å². The zero-order valence-corrected chi connectivity index (χ0v) is 11.2. The molecule has 0 bridgehead atoms. The van der Waals surface area contributed by atoms with Crippen molar-refractivity contribution < 1.29 is 8.42 Å². The molecular formula is C10H23N3O2S. The van der Waals surface area contributed by atoms with Crippen molar-refractivity contribution in [3.63, 3.8) is 0 Å². The van der Waals surface area contributed by atoms with Crippen LogP contribution in [0.5, 0.6) is 0 Å². The summed E-state index contributed by atoms with van der Waals surface area (Å²) in [6.45, 7) is 7.44. The van der Waals surface area contributed by atoms with E-state index in [-0.39, 0.29) is 11.5 Å². The van der Waals surface area contributed by atoms with Crippen molar-refractivity contribution in [3.05, 3.63) is 0 Å². The molecule has 16 heavy (non-hydrogen) atoms. The molecule has 3 N–H and O–H groups in total.